The first-order chi connectivity index (χ1) is 38.7. The van der Waals surface area contributed by atoms with Crippen molar-refractivity contribution < 1.29 is 0 Å². The Morgan fingerprint density at radius 2 is 0.449 bits per heavy atom. The minimum atomic E-state index is -2.68. The summed E-state index contributed by atoms with van der Waals surface area (Å²) in [6.45, 7) is 0. The standard InChI is InChI=1S/C76H55NSi/c1-9-25-59(26-10-1)73-71-54-47-63(55-72(71)74(60-27-11-2-12-28-60)76(62-31-15-4-16-32-62)75(73)61-29-13-3-14-30-61)58-43-41-56(42-44-58)57-45-48-65(49-46-57)77(64-33-17-5-18-34-64)66-50-52-70(53-51-66)78(67-35-19-6-20-36-67,68-37-21-7-22-38-68)69-39-23-8-24-40-69/h1-55H. The minimum absolute atomic E-state index is 1.09. The zero-order chi connectivity index (χ0) is 52.1. The van der Waals surface area contributed by atoms with E-state index in [1.54, 1.807) is 0 Å². The zero-order valence-electron chi connectivity index (χ0n) is 43.2. The smallest absolute Gasteiger partial charge is 0.179 e. The number of rotatable bonds is 13. The molecule has 0 atom stereocenters. The molecule has 0 saturated carbocycles. The van der Waals surface area contributed by atoms with E-state index in [2.05, 4.69) is 339 Å². The molecule has 0 radical (unpaired) electrons. The average Bonchev–Trinajstić information content (AvgIpc) is 3.61. The van der Waals surface area contributed by atoms with Gasteiger partial charge in [-0.25, -0.2) is 0 Å². The maximum absolute atomic E-state index is 2.68. The molecule has 13 aromatic rings. The molecule has 0 aliphatic heterocycles. The minimum Gasteiger partial charge on any atom is -0.311 e. The fourth-order valence-corrected chi connectivity index (χ4v) is 16.6. The van der Waals surface area contributed by atoms with E-state index in [0.29, 0.717) is 0 Å². The van der Waals surface area contributed by atoms with Gasteiger partial charge < -0.3 is 4.90 Å². The summed E-state index contributed by atoms with van der Waals surface area (Å²) in [4.78, 5) is 2.37. The summed E-state index contributed by atoms with van der Waals surface area (Å²) in [5.74, 6) is 0. The van der Waals surface area contributed by atoms with E-state index in [1.807, 2.05) is 0 Å². The summed E-state index contributed by atoms with van der Waals surface area (Å²) in [7, 11) is -2.68. The molecule has 13 aromatic carbocycles. The van der Waals surface area contributed by atoms with Gasteiger partial charge in [0.25, 0.3) is 0 Å². The van der Waals surface area contributed by atoms with Gasteiger partial charge in [-0.1, -0.05) is 291 Å². The predicted octanol–water partition coefficient (Wildman–Crippen LogP) is 17.7. The molecule has 0 aromatic heterocycles. The third kappa shape index (κ3) is 8.94. The van der Waals surface area contributed by atoms with E-state index in [-0.39, 0.29) is 0 Å². The van der Waals surface area contributed by atoms with Crippen molar-refractivity contribution in [2.75, 3.05) is 4.90 Å². The highest BCUT2D eigenvalue weighted by molar-refractivity contribution is 7.19. The molecular formula is C76H55NSi. The summed E-state index contributed by atoms with van der Waals surface area (Å²) >= 11 is 0. The van der Waals surface area contributed by atoms with Crippen LogP contribution in [-0.2, 0) is 0 Å². The maximum Gasteiger partial charge on any atom is 0.179 e. The molecule has 78 heavy (non-hydrogen) atoms. The molecule has 0 N–H and O–H groups in total. The van der Waals surface area contributed by atoms with E-state index in [1.165, 1.54) is 92.7 Å². The van der Waals surface area contributed by atoms with Gasteiger partial charge in [-0.15, -0.1) is 0 Å². The Hall–Kier alpha value is -9.86. The molecule has 0 unspecified atom stereocenters. The molecule has 0 spiro atoms. The van der Waals surface area contributed by atoms with Crippen LogP contribution in [0.2, 0.25) is 0 Å². The van der Waals surface area contributed by atoms with Crippen LogP contribution in [0.5, 0.6) is 0 Å². The Labute approximate surface area is 459 Å². The Bertz CT molecular complexity index is 4000. The first kappa shape index (κ1) is 47.8. The Kier molecular flexibility index (Phi) is 13.1. The fraction of sp³-hybridized carbons (Fsp3) is 0. The third-order valence-electron chi connectivity index (χ3n) is 15.4. The molecule has 13 rings (SSSR count). The van der Waals surface area contributed by atoms with Crippen LogP contribution < -0.4 is 25.6 Å². The molecule has 0 bridgehead atoms. The van der Waals surface area contributed by atoms with Crippen molar-refractivity contribution in [3.05, 3.63) is 334 Å². The maximum atomic E-state index is 2.42. The van der Waals surface area contributed by atoms with Gasteiger partial charge in [0, 0.05) is 17.1 Å². The molecule has 0 aliphatic rings. The number of para-hydroxylation sites is 1. The van der Waals surface area contributed by atoms with Crippen molar-refractivity contribution in [1.29, 1.82) is 0 Å². The lowest BCUT2D eigenvalue weighted by Crippen LogP contribution is -2.74. The molecular weight excluding hydrogens is 955 g/mol. The van der Waals surface area contributed by atoms with Crippen molar-refractivity contribution in [2.24, 2.45) is 0 Å². The van der Waals surface area contributed by atoms with E-state index >= 15 is 0 Å². The second-order valence-corrected chi connectivity index (χ2v) is 23.7. The van der Waals surface area contributed by atoms with Crippen LogP contribution in [0.3, 0.4) is 0 Å². The molecule has 0 fully saturated rings. The van der Waals surface area contributed by atoms with Crippen LogP contribution in [-0.4, -0.2) is 8.07 Å². The SMILES string of the molecule is c1ccc(-c2c(-c3ccccc3)c(-c3ccccc3)c3cc(-c4ccc(-c5ccc(N(c6ccccc6)c6ccc([Si](c7ccccc7)(c7ccccc7)c7ccccc7)cc6)cc5)cc4)ccc3c2-c2ccccc2)cc1. The van der Waals surface area contributed by atoms with Crippen LogP contribution in [0.15, 0.2) is 334 Å². The van der Waals surface area contributed by atoms with Gasteiger partial charge in [-0.05, 0) is 141 Å². The number of hydrogen-bond acceptors (Lipinski definition) is 1. The fourth-order valence-electron chi connectivity index (χ4n) is 11.9. The lowest BCUT2D eigenvalue weighted by Gasteiger charge is -2.35. The van der Waals surface area contributed by atoms with Crippen molar-refractivity contribution in [2.45, 2.75) is 0 Å². The normalized spacial score (nSPS) is 11.3. The number of hydrogen-bond donors (Lipinski definition) is 0. The van der Waals surface area contributed by atoms with E-state index in [0.717, 1.165) is 22.6 Å². The molecule has 368 valence electrons. The van der Waals surface area contributed by atoms with E-state index in [4.69, 9.17) is 0 Å². The van der Waals surface area contributed by atoms with Gasteiger partial charge in [0.2, 0.25) is 0 Å². The van der Waals surface area contributed by atoms with Gasteiger partial charge in [-0.2, -0.15) is 0 Å². The lowest BCUT2D eigenvalue weighted by atomic mass is 9.78. The Morgan fingerprint density at radius 1 is 0.179 bits per heavy atom. The number of nitrogens with zero attached hydrogens (tertiary/aromatic N) is 1. The molecule has 0 aliphatic carbocycles. The monoisotopic (exact) mass is 1010 g/mol. The number of anilines is 3. The molecule has 1 nitrogen and oxygen atoms in total. The molecule has 0 amide bonds. The lowest BCUT2D eigenvalue weighted by molar-refractivity contribution is 1.28. The van der Waals surface area contributed by atoms with E-state index in [9.17, 15) is 0 Å². The highest BCUT2D eigenvalue weighted by atomic mass is 28.3. The van der Waals surface area contributed by atoms with Gasteiger partial charge in [0.05, 0.1) is 0 Å². The number of fused-ring (bicyclic) bond motifs is 1. The third-order valence-corrected chi connectivity index (χ3v) is 20.2. The Balaban J connectivity index is 0.880. The first-order valence-corrected chi connectivity index (χ1v) is 28.9. The van der Waals surface area contributed by atoms with Crippen LogP contribution in [0.4, 0.5) is 17.1 Å². The van der Waals surface area contributed by atoms with Crippen LogP contribution in [0.1, 0.15) is 0 Å². The highest BCUT2D eigenvalue weighted by Gasteiger charge is 2.41. The number of benzene rings is 13. The summed E-state index contributed by atoms with van der Waals surface area (Å²) in [5.41, 5.74) is 17.7. The zero-order valence-corrected chi connectivity index (χ0v) is 44.2. The van der Waals surface area contributed by atoms with Crippen LogP contribution >= 0.6 is 0 Å². The summed E-state index contributed by atoms with van der Waals surface area (Å²) in [5, 5.41) is 7.87. The summed E-state index contributed by atoms with van der Waals surface area (Å²) < 4.78 is 0. The molecule has 0 heterocycles. The second kappa shape index (κ2) is 21.4. The quantitative estimate of drug-likeness (QED) is 0.0822. The molecule has 0 saturated heterocycles. The Morgan fingerprint density at radius 3 is 0.846 bits per heavy atom. The second-order valence-electron chi connectivity index (χ2n) is 19.9. The first-order valence-electron chi connectivity index (χ1n) is 26.9. The van der Waals surface area contributed by atoms with Crippen molar-refractivity contribution in [1.82, 2.24) is 0 Å². The van der Waals surface area contributed by atoms with Crippen molar-refractivity contribution >= 4 is 56.7 Å². The van der Waals surface area contributed by atoms with Gasteiger partial charge in [-0.3, -0.25) is 0 Å². The summed E-state index contributed by atoms with van der Waals surface area (Å²) in [6, 6.07) is 122. The van der Waals surface area contributed by atoms with Crippen molar-refractivity contribution in [3.63, 3.8) is 0 Å². The largest absolute Gasteiger partial charge is 0.311 e. The average molecular weight is 1010 g/mol. The molecule has 2 heteroatoms. The summed E-state index contributed by atoms with van der Waals surface area (Å²) in [6.07, 6.45) is 0. The van der Waals surface area contributed by atoms with Gasteiger partial charge in [0.15, 0.2) is 8.07 Å². The predicted molar refractivity (Wildman–Crippen MR) is 335 cm³/mol. The topological polar surface area (TPSA) is 3.24 Å². The van der Waals surface area contributed by atoms with Gasteiger partial charge >= 0.3 is 0 Å². The van der Waals surface area contributed by atoms with Crippen LogP contribution in [0.25, 0.3) is 77.5 Å². The highest BCUT2D eigenvalue weighted by Crippen LogP contribution is 2.51. The van der Waals surface area contributed by atoms with E-state index < -0.39 is 8.07 Å². The van der Waals surface area contributed by atoms with Gasteiger partial charge in [0.1, 0.15) is 0 Å². The van der Waals surface area contributed by atoms with Crippen molar-refractivity contribution in [3.8, 4) is 66.8 Å². The van der Waals surface area contributed by atoms with Crippen LogP contribution in [0, 0.1) is 0 Å².